The highest BCUT2D eigenvalue weighted by molar-refractivity contribution is 5.85. The molecule has 1 aliphatic rings. The first kappa shape index (κ1) is 18.1. The van der Waals surface area contributed by atoms with E-state index in [-0.39, 0.29) is 30.7 Å². The van der Waals surface area contributed by atoms with Gasteiger partial charge < -0.3 is 15.1 Å². The third-order valence-electron chi connectivity index (χ3n) is 4.06. The number of hydrogen-bond donors (Lipinski definition) is 1. The second kappa shape index (κ2) is 8.02. The van der Waals surface area contributed by atoms with Crippen molar-refractivity contribution < 1.29 is 9.18 Å². The summed E-state index contributed by atoms with van der Waals surface area (Å²) in [6.45, 7) is 2.15. The Hall–Kier alpha value is -2.27. The molecule has 0 fully saturated rings. The number of para-hydroxylation sites is 2. The molecule has 1 aliphatic heterocycles. The van der Waals surface area contributed by atoms with E-state index in [9.17, 15) is 9.18 Å². The molecule has 0 aliphatic carbocycles. The predicted molar refractivity (Wildman–Crippen MR) is 97.3 cm³/mol. The third kappa shape index (κ3) is 3.97. The number of nitrogens with one attached hydrogen (secondary N) is 1. The highest BCUT2D eigenvalue weighted by Gasteiger charge is 2.20. The van der Waals surface area contributed by atoms with Gasteiger partial charge in [-0.2, -0.15) is 0 Å². The van der Waals surface area contributed by atoms with Gasteiger partial charge in [-0.3, -0.25) is 4.79 Å². The van der Waals surface area contributed by atoms with Crippen LogP contribution in [-0.4, -0.2) is 37.5 Å². The number of halogens is 2. The van der Waals surface area contributed by atoms with E-state index >= 15 is 0 Å². The Morgan fingerprint density at radius 2 is 1.92 bits per heavy atom. The van der Waals surface area contributed by atoms with Gasteiger partial charge in [-0.25, -0.2) is 4.39 Å². The second-order valence-corrected chi connectivity index (χ2v) is 5.71. The Morgan fingerprint density at radius 1 is 1.21 bits per heavy atom. The maximum Gasteiger partial charge on any atom is 0.242 e. The Balaban J connectivity index is 0.00000208. The SMILES string of the molecule is CN(Cc1ccccc1F)C(=O)CN1CCNc2ccccc21.Cl. The normalized spacial score (nSPS) is 12.7. The summed E-state index contributed by atoms with van der Waals surface area (Å²) in [5, 5.41) is 3.33. The number of rotatable bonds is 4. The lowest BCUT2D eigenvalue weighted by Gasteiger charge is -2.32. The van der Waals surface area contributed by atoms with Crippen molar-refractivity contribution in [1.29, 1.82) is 0 Å². The molecule has 24 heavy (non-hydrogen) atoms. The monoisotopic (exact) mass is 349 g/mol. The van der Waals surface area contributed by atoms with E-state index in [0.29, 0.717) is 12.1 Å². The number of fused-ring (bicyclic) bond motifs is 1. The molecule has 2 aromatic rings. The number of benzene rings is 2. The van der Waals surface area contributed by atoms with Crippen molar-refractivity contribution in [3.8, 4) is 0 Å². The number of likely N-dealkylation sites (N-methyl/N-ethyl adjacent to an activating group) is 1. The molecular formula is C18H21ClFN3O. The second-order valence-electron chi connectivity index (χ2n) is 5.71. The number of anilines is 2. The molecule has 0 unspecified atom stereocenters. The fraction of sp³-hybridized carbons (Fsp3) is 0.278. The summed E-state index contributed by atoms with van der Waals surface area (Å²) < 4.78 is 13.7. The van der Waals surface area contributed by atoms with Crippen molar-refractivity contribution in [2.75, 3.05) is 36.9 Å². The number of amides is 1. The van der Waals surface area contributed by atoms with E-state index in [0.717, 1.165) is 24.5 Å². The van der Waals surface area contributed by atoms with E-state index < -0.39 is 0 Å². The number of carbonyl (C=O) groups excluding carboxylic acids is 1. The topological polar surface area (TPSA) is 35.6 Å². The molecule has 0 saturated carbocycles. The number of hydrogen-bond acceptors (Lipinski definition) is 3. The van der Waals surface area contributed by atoms with Gasteiger partial charge in [-0.05, 0) is 18.2 Å². The molecule has 1 N–H and O–H groups in total. The van der Waals surface area contributed by atoms with Crippen LogP contribution in [0.25, 0.3) is 0 Å². The molecule has 1 amide bonds. The van der Waals surface area contributed by atoms with Crippen molar-refractivity contribution in [2.45, 2.75) is 6.54 Å². The van der Waals surface area contributed by atoms with Crippen LogP contribution in [0.4, 0.5) is 15.8 Å². The fourth-order valence-electron chi connectivity index (χ4n) is 2.76. The van der Waals surface area contributed by atoms with Gasteiger partial charge in [0.1, 0.15) is 5.82 Å². The van der Waals surface area contributed by atoms with Crippen LogP contribution in [0.15, 0.2) is 48.5 Å². The largest absolute Gasteiger partial charge is 0.382 e. The minimum Gasteiger partial charge on any atom is -0.382 e. The standard InChI is InChI=1S/C18H20FN3O.ClH/c1-21(12-14-6-2-3-7-15(14)19)18(23)13-22-11-10-20-16-8-4-5-9-17(16)22;/h2-9,20H,10-13H2,1H3;1H. The van der Waals surface area contributed by atoms with E-state index in [1.54, 1.807) is 30.1 Å². The molecule has 0 aromatic heterocycles. The fourth-order valence-corrected chi connectivity index (χ4v) is 2.76. The first-order valence-electron chi connectivity index (χ1n) is 7.70. The van der Waals surface area contributed by atoms with E-state index in [4.69, 9.17) is 0 Å². The number of carbonyl (C=O) groups is 1. The summed E-state index contributed by atoms with van der Waals surface area (Å²) in [5.41, 5.74) is 2.61. The Morgan fingerprint density at radius 3 is 2.71 bits per heavy atom. The van der Waals surface area contributed by atoms with Crippen molar-refractivity contribution >= 4 is 29.7 Å². The van der Waals surface area contributed by atoms with Gasteiger partial charge >= 0.3 is 0 Å². The highest BCUT2D eigenvalue weighted by atomic mass is 35.5. The average Bonchev–Trinajstić information content (AvgIpc) is 2.57. The molecule has 0 saturated heterocycles. The summed E-state index contributed by atoms with van der Waals surface area (Å²) in [7, 11) is 1.71. The van der Waals surface area contributed by atoms with E-state index in [2.05, 4.69) is 10.2 Å². The van der Waals surface area contributed by atoms with Crippen LogP contribution >= 0.6 is 12.4 Å². The Labute approximate surface area is 147 Å². The third-order valence-corrected chi connectivity index (χ3v) is 4.06. The quantitative estimate of drug-likeness (QED) is 0.921. The van der Waals surface area contributed by atoms with Crippen LogP contribution in [0.2, 0.25) is 0 Å². The maximum absolute atomic E-state index is 13.7. The Kier molecular flexibility index (Phi) is 6.04. The van der Waals surface area contributed by atoms with Crippen LogP contribution in [0.5, 0.6) is 0 Å². The molecule has 0 atom stereocenters. The average molecular weight is 350 g/mol. The molecule has 1 heterocycles. The van der Waals surface area contributed by atoms with Crippen LogP contribution in [0, 0.1) is 5.82 Å². The predicted octanol–water partition coefficient (Wildman–Crippen LogP) is 3.14. The molecule has 2 aromatic carbocycles. The van der Waals surface area contributed by atoms with E-state index in [1.165, 1.54) is 6.07 Å². The van der Waals surface area contributed by atoms with Gasteiger partial charge in [0.05, 0.1) is 17.9 Å². The van der Waals surface area contributed by atoms with Gasteiger partial charge in [0, 0.05) is 32.2 Å². The first-order valence-corrected chi connectivity index (χ1v) is 7.70. The van der Waals surface area contributed by atoms with Crippen LogP contribution in [-0.2, 0) is 11.3 Å². The lowest BCUT2D eigenvalue weighted by molar-refractivity contribution is -0.129. The highest BCUT2D eigenvalue weighted by Crippen LogP contribution is 2.28. The van der Waals surface area contributed by atoms with Crippen molar-refractivity contribution in [1.82, 2.24) is 4.90 Å². The van der Waals surface area contributed by atoms with Crippen molar-refractivity contribution in [3.05, 3.63) is 59.9 Å². The minimum absolute atomic E-state index is 0. The zero-order chi connectivity index (χ0) is 16.2. The smallest absolute Gasteiger partial charge is 0.242 e. The van der Waals surface area contributed by atoms with Gasteiger partial charge in [0.25, 0.3) is 0 Å². The molecule has 0 spiro atoms. The van der Waals surface area contributed by atoms with Crippen LogP contribution in [0.1, 0.15) is 5.56 Å². The molecule has 6 heteroatoms. The zero-order valence-electron chi connectivity index (χ0n) is 13.5. The van der Waals surface area contributed by atoms with Crippen molar-refractivity contribution in [3.63, 3.8) is 0 Å². The molecule has 0 bridgehead atoms. The maximum atomic E-state index is 13.7. The molecule has 0 radical (unpaired) electrons. The lowest BCUT2D eigenvalue weighted by Crippen LogP contribution is -2.42. The summed E-state index contributed by atoms with van der Waals surface area (Å²) in [5.74, 6) is -0.301. The molecule has 3 rings (SSSR count). The number of nitrogens with zero attached hydrogens (tertiary/aromatic N) is 2. The molecule has 128 valence electrons. The first-order chi connectivity index (χ1) is 11.1. The Bertz CT molecular complexity index is 710. The lowest BCUT2D eigenvalue weighted by atomic mass is 10.2. The van der Waals surface area contributed by atoms with Crippen LogP contribution < -0.4 is 10.2 Å². The van der Waals surface area contributed by atoms with E-state index in [1.807, 2.05) is 24.3 Å². The van der Waals surface area contributed by atoms with Gasteiger partial charge in [-0.15, -0.1) is 12.4 Å². The molecule has 4 nitrogen and oxygen atoms in total. The van der Waals surface area contributed by atoms with Crippen molar-refractivity contribution in [2.24, 2.45) is 0 Å². The van der Waals surface area contributed by atoms with Gasteiger partial charge in [0.2, 0.25) is 5.91 Å². The summed E-state index contributed by atoms with van der Waals surface area (Å²) in [6, 6.07) is 14.5. The summed E-state index contributed by atoms with van der Waals surface area (Å²) in [6.07, 6.45) is 0. The van der Waals surface area contributed by atoms with Gasteiger partial charge in [0.15, 0.2) is 0 Å². The molecular weight excluding hydrogens is 329 g/mol. The summed E-state index contributed by atoms with van der Waals surface area (Å²) >= 11 is 0. The van der Waals surface area contributed by atoms with Crippen LogP contribution in [0.3, 0.4) is 0 Å². The zero-order valence-corrected chi connectivity index (χ0v) is 14.4. The summed E-state index contributed by atoms with van der Waals surface area (Å²) in [4.78, 5) is 16.1. The van der Waals surface area contributed by atoms with Gasteiger partial charge in [-0.1, -0.05) is 30.3 Å². The minimum atomic E-state index is -0.278.